The number of esters is 2. The Morgan fingerprint density at radius 2 is 2.05 bits per heavy atom. The number of rotatable bonds is 6. The van der Waals surface area contributed by atoms with E-state index < -0.39 is 11.9 Å². The second kappa shape index (κ2) is 7.35. The first kappa shape index (κ1) is 16.4. The Morgan fingerprint density at radius 1 is 1.32 bits per heavy atom. The lowest BCUT2D eigenvalue weighted by atomic mass is 10.1. The molecule has 6 heteroatoms. The van der Waals surface area contributed by atoms with E-state index in [4.69, 9.17) is 4.74 Å². The predicted octanol–water partition coefficient (Wildman–Crippen LogP) is 2.96. The minimum absolute atomic E-state index is 0.00518. The lowest BCUT2D eigenvalue weighted by molar-refractivity contribution is -0.162. The van der Waals surface area contributed by atoms with E-state index >= 15 is 0 Å². The molecule has 1 atom stereocenters. The number of fused-ring (bicyclic) bond motifs is 1. The van der Waals surface area contributed by atoms with Gasteiger partial charge in [0.05, 0.1) is 22.6 Å². The van der Waals surface area contributed by atoms with Crippen molar-refractivity contribution in [3.8, 4) is 0 Å². The zero-order valence-electron chi connectivity index (χ0n) is 12.7. The number of benzene rings is 1. The molecule has 0 radical (unpaired) electrons. The van der Waals surface area contributed by atoms with E-state index in [0.29, 0.717) is 6.42 Å². The van der Waals surface area contributed by atoms with E-state index in [9.17, 15) is 14.4 Å². The summed E-state index contributed by atoms with van der Waals surface area (Å²) in [6, 6.07) is 7.42. The quantitative estimate of drug-likeness (QED) is 0.606. The summed E-state index contributed by atoms with van der Waals surface area (Å²) in [6.07, 6.45) is 1.56. The summed E-state index contributed by atoms with van der Waals surface area (Å²) in [7, 11) is 0. The Hall–Kier alpha value is -1.95. The van der Waals surface area contributed by atoms with Crippen molar-refractivity contribution >= 4 is 33.5 Å². The van der Waals surface area contributed by atoms with Crippen molar-refractivity contribution in [2.75, 3.05) is 0 Å². The van der Waals surface area contributed by atoms with Gasteiger partial charge in [-0.2, -0.15) is 0 Å². The van der Waals surface area contributed by atoms with E-state index in [2.05, 4.69) is 0 Å². The first-order chi connectivity index (χ1) is 10.5. The predicted molar refractivity (Wildman–Crippen MR) is 85.9 cm³/mol. The summed E-state index contributed by atoms with van der Waals surface area (Å²) in [5, 5.41) is 0. The molecule has 1 aromatic carbocycles. The van der Waals surface area contributed by atoms with Crippen LogP contribution in [0.2, 0.25) is 0 Å². The number of aromatic nitrogens is 1. The van der Waals surface area contributed by atoms with Gasteiger partial charge in [-0.15, -0.1) is 0 Å². The molecule has 0 N–H and O–H groups in total. The van der Waals surface area contributed by atoms with Gasteiger partial charge in [-0.3, -0.25) is 19.0 Å². The van der Waals surface area contributed by atoms with Crippen LogP contribution in [-0.4, -0.2) is 16.5 Å². The molecule has 1 heterocycles. The number of ether oxygens (including phenoxy) is 1. The normalized spacial score (nSPS) is 12.3. The molecule has 0 fully saturated rings. The average Bonchev–Trinajstić information content (AvgIpc) is 2.80. The molecule has 0 amide bonds. The van der Waals surface area contributed by atoms with Crippen LogP contribution in [0.5, 0.6) is 0 Å². The molecule has 22 heavy (non-hydrogen) atoms. The molecule has 0 aliphatic heterocycles. The van der Waals surface area contributed by atoms with E-state index in [0.717, 1.165) is 28.0 Å². The molecule has 118 valence electrons. The third-order valence-electron chi connectivity index (χ3n) is 3.45. The Bertz CT molecular complexity index is 731. The van der Waals surface area contributed by atoms with Crippen LogP contribution in [-0.2, 0) is 20.9 Å². The Morgan fingerprint density at radius 3 is 2.77 bits per heavy atom. The summed E-state index contributed by atoms with van der Waals surface area (Å²) >= 11 is 1.14. The lowest BCUT2D eigenvalue weighted by Gasteiger charge is -2.09. The van der Waals surface area contributed by atoms with Crippen LogP contribution in [0.4, 0.5) is 0 Å². The molecule has 2 rings (SSSR count). The van der Waals surface area contributed by atoms with Crippen LogP contribution < -0.4 is 4.87 Å². The summed E-state index contributed by atoms with van der Waals surface area (Å²) in [5.41, 5.74) is 0.802. The minimum atomic E-state index is -0.588. The maximum atomic E-state index is 11.9. The second-order valence-corrected chi connectivity index (χ2v) is 6.21. The number of nitrogens with zero attached hydrogens (tertiary/aromatic N) is 1. The highest BCUT2D eigenvalue weighted by Crippen LogP contribution is 2.16. The van der Waals surface area contributed by atoms with Crippen LogP contribution in [0.25, 0.3) is 10.2 Å². The molecule has 2 aromatic rings. The van der Waals surface area contributed by atoms with Crippen molar-refractivity contribution in [2.45, 2.75) is 39.7 Å². The van der Waals surface area contributed by atoms with Crippen LogP contribution in [0.15, 0.2) is 29.1 Å². The van der Waals surface area contributed by atoms with Crippen LogP contribution in [0, 0.1) is 5.92 Å². The second-order valence-electron chi connectivity index (χ2n) is 5.22. The summed E-state index contributed by atoms with van der Waals surface area (Å²) in [6.45, 7) is 3.94. The maximum Gasteiger partial charge on any atom is 0.316 e. The first-order valence-corrected chi connectivity index (χ1v) is 8.17. The molecule has 0 saturated heterocycles. The largest absolute Gasteiger partial charge is 0.393 e. The van der Waals surface area contributed by atoms with Gasteiger partial charge in [-0.25, -0.2) is 0 Å². The number of para-hydroxylation sites is 1. The molecule has 0 aliphatic rings. The zero-order valence-corrected chi connectivity index (χ0v) is 13.5. The number of carbonyl (C=O) groups excluding carboxylic acids is 2. The Labute approximate surface area is 132 Å². The van der Waals surface area contributed by atoms with Crippen molar-refractivity contribution in [2.24, 2.45) is 5.92 Å². The fourth-order valence-corrected chi connectivity index (χ4v) is 3.16. The molecule has 5 nitrogen and oxygen atoms in total. The topological polar surface area (TPSA) is 65.4 Å². The van der Waals surface area contributed by atoms with Crippen molar-refractivity contribution in [1.82, 2.24) is 4.57 Å². The molecular formula is C16H19NO4S. The van der Waals surface area contributed by atoms with Gasteiger partial charge in [0, 0.05) is 6.54 Å². The smallest absolute Gasteiger partial charge is 0.316 e. The van der Waals surface area contributed by atoms with Gasteiger partial charge in [0.25, 0.3) is 0 Å². The molecule has 0 spiro atoms. The minimum Gasteiger partial charge on any atom is -0.393 e. The highest BCUT2D eigenvalue weighted by molar-refractivity contribution is 7.16. The molecule has 1 aromatic heterocycles. The van der Waals surface area contributed by atoms with Gasteiger partial charge >= 0.3 is 16.8 Å². The number of aryl methyl sites for hydroxylation is 1. The van der Waals surface area contributed by atoms with Crippen LogP contribution in [0.3, 0.4) is 0 Å². The third kappa shape index (κ3) is 3.82. The maximum absolute atomic E-state index is 11.9. The Balaban J connectivity index is 1.97. The average molecular weight is 321 g/mol. The van der Waals surface area contributed by atoms with E-state index in [-0.39, 0.29) is 23.8 Å². The highest BCUT2D eigenvalue weighted by Gasteiger charge is 2.18. The molecule has 0 bridgehead atoms. The lowest BCUT2D eigenvalue weighted by Crippen LogP contribution is -2.21. The zero-order chi connectivity index (χ0) is 16.1. The van der Waals surface area contributed by atoms with Crippen molar-refractivity contribution in [1.29, 1.82) is 0 Å². The standard InChI is InChI=1S/C16H19NO4S/c1-3-6-11(2)15(19)21-14(18)9-10-17-12-7-4-5-8-13(12)22-16(17)20/h4-5,7-8,11H,3,6,9-10H2,1-2H3. The van der Waals surface area contributed by atoms with Crippen molar-refractivity contribution in [3.05, 3.63) is 33.9 Å². The molecule has 0 aliphatic carbocycles. The van der Waals surface area contributed by atoms with Crippen molar-refractivity contribution < 1.29 is 14.3 Å². The van der Waals surface area contributed by atoms with Gasteiger partial charge in [-0.1, -0.05) is 43.7 Å². The van der Waals surface area contributed by atoms with E-state index in [1.807, 2.05) is 31.2 Å². The summed E-state index contributed by atoms with van der Waals surface area (Å²) in [5.74, 6) is -1.36. The van der Waals surface area contributed by atoms with Crippen molar-refractivity contribution in [3.63, 3.8) is 0 Å². The van der Waals surface area contributed by atoms with Gasteiger partial charge in [0.2, 0.25) is 0 Å². The fraction of sp³-hybridized carbons (Fsp3) is 0.438. The van der Waals surface area contributed by atoms with E-state index in [1.54, 1.807) is 11.5 Å². The third-order valence-corrected chi connectivity index (χ3v) is 4.41. The van der Waals surface area contributed by atoms with E-state index in [1.165, 1.54) is 0 Å². The van der Waals surface area contributed by atoms with Gasteiger partial charge in [-0.05, 0) is 18.6 Å². The SMILES string of the molecule is CCCC(C)C(=O)OC(=O)CCn1c(=O)sc2ccccc21. The number of hydrogen-bond acceptors (Lipinski definition) is 5. The number of thiazole rings is 1. The fourth-order valence-electron chi connectivity index (χ4n) is 2.24. The van der Waals surface area contributed by atoms with Gasteiger partial charge in [0.1, 0.15) is 0 Å². The summed E-state index contributed by atoms with van der Waals surface area (Å²) < 4.78 is 7.25. The summed E-state index contributed by atoms with van der Waals surface area (Å²) in [4.78, 5) is 35.2. The highest BCUT2D eigenvalue weighted by atomic mass is 32.1. The molecular weight excluding hydrogens is 302 g/mol. The first-order valence-electron chi connectivity index (χ1n) is 7.35. The number of hydrogen-bond donors (Lipinski definition) is 0. The van der Waals surface area contributed by atoms with Crippen LogP contribution in [0.1, 0.15) is 33.1 Å². The monoisotopic (exact) mass is 321 g/mol. The van der Waals surface area contributed by atoms with Gasteiger partial charge < -0.3 is 4.74 Å². The van der Waals surface area contributed by atoms with Gasteiger partial charge in [0.15, 0.2) is 0 Å². The number of carbonyl (C=O) groups is 2. The molecule has 1 unspecified atom stereocenters. The Kier molecular flexibility index (Phi) is 5.49. The molecule has 0 saturated carbocycles. The van der Waals surface area contributed by atoms with Crippen LogP contribution >= 0.6 is 11.3 Å².